The number of nitrogens with one attached hydrogen (secondary N) is 1. The van der Waals surface area contributed by atoms with Gasteiger partial charge in [-0.1, -0.05) is 24.3 Å². The number of aryl methyl sites for hydroxylation is 2. The van der Waals surface area contributed by atoms with Gasteiger partial charge in [0.2, 0.25) is 0 Å². The predicted molar refractivity (Wildman–Crippen MR) is 106 cm³/mol. The number of rotatable bonds is 4. The van der Waals surface area contributed by atoms with Gasteiger partial charge >= 0.3 is 5.63 Å². The van der Waals surface area contributed by atoms with Crippen molar-refractivity contribution >= 4 is 32.5 Å². The number of para-hydroxylation sites is 1. The van der Waals surface area contributed by atoms with Crippen LogP contribution in [0, 0.1) is 13.8 Å². The molecule has 2 aromatic heterocycles. The minimum atomic E-state index is -0.283. The molecule has 132 valence electrons. The van der Waals surface area contributed by atoms with E-state index in [-0.39, 0.29) is 5.63 Å². The fourth-order valence-corrected chi connectivity index (χ4v) is 4.39. The third-order valence-corrected chi connectivity index (χ3v) is 5.84. The first-order chi connectivity index (χ1) is 12.5. The van der Waals surface area contributed by atoms with Crippen molar-refractivity contribution in [2.24, 2.45) is 0 Å². The second-order valence-electron chi connectivity index (χ2n) is 6.86. The van der Waals surface area contributed by atoms with Crippen molar-refractivity contribution in [2.75, 3.05) is 7.05 Å². The van der Waals surface area contributed by atoms with Gasteiger partial charge in [0, 0.05) is 17.0 Å². The van der Waals surface area contributed by atoms with Crippen LogP contribution in [0.15, 0.2) is 51.7 Å². The van der Waals surface area contributed by atoms with E-state index in [4.69, 9.17) is 9.40 Å². The van der Waals surface area contributed by atoms with Crippen molar-refractivity contribution in [3.8, 4) is 0 Å². The number of quaternary nitrogens is 1. The lowest BCUT2D eigenvalue weighted by Gasteiger charge is -2.14. The lowest BCUT2D eigenvalue weighted by Crippen LogP contribution is -3.06. The van der Waals surface area contributed by atoms with Gasteiger partial charge in [-0.25, -0.2) is 9.78 Å². The number of hydrogen-bond acceptors (Lipinski definition) is 4. The van der Waals surface area contributed by atoms with Crippen LogP contribution < -0.4 is 10.5 Å². The molecule has 2 heterocycles. The van der Waals surface area contributed by atoms with E-state index in [0.29, 0.717) is 5.58 Å². The first kappa shape index (κ1) is 16.9. The summed E-state index contributed by atoms with van der Waals surface area (Å²) >= 11 is 1.74. The quantitative estimate of drug-likeness (QED) is 0.565. The summed E-state index contributed by atoms with van der Waals surface area (Å²) in [6.45, 7) is 5.61. The Morgan fingerprint density at radius 1 is 1.12 bits per heavy atom. The maximum absolute atomic E-state index is 12.0. The normalized spacial score (nSPS) is 12.7. The molecule has 0 aliphatic carbocycles. The van der Waals surface area contributed by atoms with Crippen LogP contribution in [0.3, 0.4) is 0 Å². The highest BCUT2D eigenvalue weighted by atomic mass is 32.1. The number of aromatic nitrogens is 1. The summed E-state index contributed by atoms with van der Waals surface area (Å²) in [4.78, 5) is 18.0. The molecule has 4 aromatic rings. The van der Waals surface area contributed by atoms with Gasteiger partial charge < -0.3 is 9.32 Å². The third-order valence-electron chi connectivity index (χ3n) is 4.80. The highest BCUT2D eigenvalue weighted by Crippen LogP contribution is 2.23. The molecule has 1 unspecified atom stereocenters. The smallest absolute Gasteiger partial charge is 0.336 e. The van der Waals surface area contributed by atoms with Crippen molar-refractivity contribution in [1.29, 1.82) is 0 Å². The Morgan fingerprint density at radius 2 is 1.92 bits per heavy atom. The van der Waals surface area contributed by atoms with Gasteiger partial charge in [0.1, 0.15) is 23.7 Å². The molecule has 5 heteroatoms. The summed E-state index contributed by atoms with van der Waals surface area (Å²) in [6.07, 6.45) is 0. The van der Waals surface area contributed by atoms with Crippen LogP contribution in [-0.2, 0) is 13.1 Å². The number of hydrogen-bond donors (Lipinski definition) is 1. The van der Waals surface area contributed by atoms with Crippen molar-refractivity contribution < 1.29 is 9.32 Å². The first-order valence-electron chi connectivity index (χ1n) is 8.70. The molecule has 0 saturated heterocycles. The fourth-order valence-electron chi connectivity index (χ4n) is 3.31. The summed E-state index contributed by atoms with van der Waals surface area (Å²) in [7, 11) is 2.13. The highest BCUT2D eigenvalue weighted by molar-refractivity contribution is 7.18. The molecule has 2 aromatic carbocycles. The molecule has 1 N–H and O–H groups in total. The number of benzene rings is 2. The fraction of sp³-hybridized carbons (Fsp3) is 0.238. The maximum atomic E-state index is 12.0. The number of nitrogens with zero attached hydrogens (tertiary/aromatic N) is 1. The molecule has 4 nitrogen and oxygen atoms in total. The molecule has 0 amide bonds. The standard InChI is InChI=1S/C21H20N2O2S/c1-13-8-9-16-15(10-20(24)25-21(16)14(13)2)11-23(3)12-19-22-17-6-4-5-7-18(17)26-19/h4-10H,11-12H2,1-3H3/p+1. The van der Waals surface area contributed by atoms with Crippen molar-refractivity contribution in [2.45, 2.75) is 26.9 Å². The molecule has 0 aliphatic heterocycles. The summed E-state index contributed by atoms with van der Waals surface area (Å²) in [5.74, 6) is 0. The molecule has 0 spiro atoms. The zero-order chi connectivity index (χ0) is 18.3. The monoisotopic (exact) mass is 365 g/mol. The largest absolute Gasteiger partial charge is 0.422 e. The van der Waals surface area contributed by atoms with Crippen LogP contribution in [0.1, 0.15) is 21.7 Å². The Morgan fingerprint density at radius 3 is 2.73 bits per heavy atom. The topological polar surface area (TPSA) is 47.5 Å². The molecule has 0 radical (unpaired) electrons. The molecule has 26 heavy (non-hydrogen) atoms. The molecule has 0 bridgehead atoms. The summed E-state index contributed by atoms with van der Waals surface area (Å²) in [6, 6.07) is 14.0. The maximum Gasteiger partial charge on any atom is 0.336 e. The Balaban J connectivity index is 1.64. The van der Waals surface area contributed by atoms with E-state index in [0.717, 1.165) is 45.7 Å². The average molecular weight is 365 g/mol. The van der Waals surface area contributed by atoms with Crippen LogP contribution in [0.5, 0.6) is 0 Å². The van der Waals surface area contributed by atoms with Crippen molar-refractivity contribution in [1.82, 2.24) is 4.98 Å². The SMILES string of the molecule is Cc1ccc2c(C[NH+](C)Cc3nc4ccccc4s3)cc(=O)oc2c1C. The predicted octanol–water partition coefficient (Wildman–Crippen LogP) is 3.23. The van der Waals surface area contributed by atoms with Gasteiger partial charge in [0.05, 0.1) is 17.3 Å². The van der Waals surface area contributed by atoms with E-state index >= 15 is 0 Å². The van der Waals surface area contributed by atoms with Gasteiger partial charge in [-0.2, -0.15) is 0 Å². The molecule has 1 atom stereocenters. The van der Waals surface area contributed by atoms with Crippen molar-refractivity contribution in [3.05, 3.63) is 74.6 Å². The molecule has 0 fully saturated rings. The van der Waals surface area contributed by atoms with E-state index in [1.807, 2.05) is 32.0 Å². The van der Waals surface area contributed by atoms with Crippen LogP contribution in [-0.4, -0.2) is 12.0 Å². The lowest BCUT2D eigenvalue weighted by atomic mass is 10.0. The van der Waals surface area contributed by atoms with E-state index in [1.165, 1.54) is 9.60 Å². The molecular formula is C21H21N2O2S+. The molecule has 4 rings (SSSR count). The minimum absolute atomic E-state index is 0.283. The van der Waals surface area contributed by atoms with Gasteiger partial charge in [-0.05, 0) is 37.1 Å². The summed E-state index contributed by atoms with van der Waals surface area (Å²) < 4.78 is 6.69. The molecule has 0 saturated carbocycles. The van der Waals surface area contributed by atoms with Crippen LogP contribution in [0.25, 0.3) is 21.2 Å². The minimum Gasteiger partial charge on any atom is -0.422 e. The zero-order valence-corrected chi connectivity index (χ0v) is 15.9. The van der Waals surface area contributed by atoms with E-state index in [9.17, 15) is 4.79 Å². The Hall–Kier alpha value is -2.50. The first-order valence-corrected chi connectivity index (χ1v) is 9.51. The van der Waals surface area contributed by atoms with E-state index in [2.05, 4.69) is 25.2 Å². The second kappa shape index (κ2) is 6.67. The van der Waals surface area contributed by atoms with E-state index < -0.39 is 0 Å². The van der Waals surface area contributed by atoms with Crippen LogP contribution in [0.2, 0.25) is 0 Å². The Bertz CT molecular complexity index is 1130. The number of thiazole rings is 1. The van der Waals surface area contributed by atoms with E-state index in [1.54, 1.807) is 17.4 Å². The van der Waals surface area contributed by atoms with Gasteiger partial charge in [-0.3, -0.25) is 0 Å². The summed E-state index contributed by atoms with van der Waals surface area (Å²) in [5, 5.41) is 2.14. The zero-order valence-electron chi connectivity index (χ0n) is 15.1. The Kier molecular flexibility index (Phi) is 4.34. The average Bonchev–Trinajstić information content (AvgIpc) is 3.00. The number of fused-ring (bicyclic) bond motifs is 2. The molecular weight excluding hydrogens is 344 g/mol. The van der Waals surface area contributed by atoms with Crippen molar-refractivity contribution in [3.63, 3.8) is 0 Å². The van der Waals surface area contributed by atoms with Gasteiger partial charge in [0.15, 0.2) is 0 Å². The summed E-state index contributed by atoms with van der Waals surface area (Å²) in [5.41, 5.74) is 4.67. The lowest BCUT2D eigenvalue weighted by molar-refractivity contribution is -0.907. The van der Waals surface area contributed by atoms with Gasteiger partial charge in [-0.15, -0.1) is 11.3 Å². The Labute approximate surface area is 155 Å². The highest BCUT2D eigenvalue weighted by Gasteiger charge is 2.15. The van der Waals surface area contributed by atoms with Gasteiger partial charge in [0.25, 0.3) is 0 Å². The second-order valence-corrected chi connectivity index (χ2v) is 7.98. The third kappa shape index (κ3) is 3.16. The van der Waals surface area contributed by atoms with Crippen LogP contribution in [0.4, 0.5) is 0 Å². The van der Waals surface area contributed by atoms with Crippen LogP contribution >= 0.6 is 11.3 Å². The molecule has 0 aliphatic rings.